The summed E-state index contributed by atoms with van der Waals surface area (Å²) in [4.78, 5) is 4.39. The summed E-state index contributed by atoms with van der Waals surface area (Å²) in [6.45, 7) is 2.60. The summed E-state index contributed by atoms with van der Waals surface area (Å²) in [6.07, 6.45) is 10.2. The highest BCUT2D eigenvalue weighted by Gasteiger charge is 2.43. The topological polar surface area (TPSA) is 65.9 Å². The van der Waals surface area contributed by atoms with Crippen LogP contribution in [0.2, 0.25) is 0 Å². The zero-order valence-electron chi connectivity index (χ0n) is 14.9. The van der Waals surface area contributed by atoms with Crippen LogP contribution in [0.15, 0.2) is 4.99 Å². The van der Waals surface area contributed by atoms with Gasteiger partial charge in [-0.05, 0) is 31.1 Å². The molecule has 3 fully saturated rings. The van der Waals surface area contributed by atoms with Crippen molar-refractivity contribution in [2.24, 2.45) is 22.2 Å². The van der Waals surface area contributed by atoms with Gasteiger partial charge in [0, 0.05) is 38.3 Å². The summed E-state index contributed by atoms with van der Waals surface area (Å²) in [5.74, 6) is 2.70. The van der Waals surface area contributed by atoms with Gasteiger partial charge in [0.2, 0.25) is 0 Å². The molecule has 3 rings (SSSR count). The molecule has 5 nitrogen and oxygen atoms in total. The molecule has 0 aromatic heterocycles. The minimum atomic E-state index is 0. The molecule has 1 aliphatic heterocycles. The first-order chi connectivity index (χ1) is 11.3. The summed E-state index contributed by atoms with van der Waals surface area (Å²) < 4.78 is 5.56. The number of aliphatic imine (C=N–C) groups is 1. The lowest BCUT2D eigenvalue weighted by atomic mass is 9.84. The van der Waals surface area contributed by atoms with Crippen LogP contribution < -0.4 is 10.6 Å². The van der Waals surface area contributed by atoms with E-state index in [-0.39, 0.29) is 36.0 Å². The van der Waals surface area contributed by atoms with Gasteiger partial charge >= 0.3 is 0 Å². The van der Waals surface area contributed by atoms with E-state index in [1.807, 2.05) is 7.05 Å². The fourth-order valence-electron chi connectivity index (χ4n) is 4.42. The largest absolute Gasteiger partial charge is 0.396 e. The van der Waals surface area contributed by atoms with Crippen LogP contribution in [0.3, 0.4) is 0 Å². The minimum Gasteiger partial charge on any atom is -0.396 e. The number of aliphatic hydroxyl groups excluding tert-OH is 1. The third-order valence-corrected chi connectivity index (χ3v) is 6.10. The van der Waals surface area contributed by atoms with Gasteiger partial charge in [-0.15, -0.1) is 24.0 Å². The van der Waals surface area contributed by atoms with E-state index < -0.39 is 0 Å². The van der Waals surface area contributed by atoms with Crippen LogP contribution in [0.4, 0.5) is 0 Å². The predicted molar refractivity (Wildman–Crippen MR) is 108 cm³/mol. The Bertz CT molecular complexity index is 407. The monoisotopic (exact) mass is 451 g/mol. The van der Waals surface area contributed by atoms with Crippen molar-refractivity contribution < 1.29 is 9.84 Å². The van der Waals surface area contributed by atoms with E-state index >= 15 is 0 Å². The van der Waals surface area contributed by atoms with Crippen molar-refractivity contribution in [1.29, 1.82) is 0 Å². The lowest BCUT2D eigenvalue weighted by Gasteiger charge is -2.28. The van der Waals surface area contributed by atoms with E-state index in [1.54, 1.807) is 0 Å². The van der Waals surface area contributed by atoms with E-state index in [4.69, 9.17) is 4.74 Å². The first-order valence-corrected chi connectivity index (χ1v) is 9.42. The number of aliphatic hydroxyl groups is 1. The second-order valence-electron chi connectivity index (χ2n) is 7.75. The molecule has 6 heteroatoms. The van der Waals surface area contributed by atoms with Gasteiger partial charge in [0.05, 0.1) is 6.61 Å². The Hall–Kier alpha value is -0.0800. The molecule has 3 unspecified atom stereocenters. The van der Waals surface area contributed by atoms with Crippen LogP contribution in [-0.2, 0) is 4.74 Å². The molecule has 0 amide bonds. The van der Waals surface area contributed by atoms with Gasteiger partial charge < -0.3 is 20.5 Å². The summed E-state index contributed by atoms with van der Waals surface area (Å²) in [7, 11) is 1.84. The number of ether oxygens (including phenoxy) is 1. The van der Waals surface area contributed by atoms with E-state index in [9.17, 15) is 5.11 Å². The van der Waals surface area contributed by atoms with Crippen molar-refractivity contribution in [2.75, 3.05) is 33.4 Å². The maximum absolute atomic E-state index is 9.32. The normalized spacial score (nSPS) is 33.8. The van der Waals surface area contributed by atoms with E-state index in [1.165, 1.54) is 38.5 Å². The number of rotatable bonds is 6. The summed E-state index contributed by atoms with van der Waals surface area (Å²) in [5.41, 5.74) is 0.0681. The number of hydrogen-bond donors (Lipinski definition) is 3. The minimum absolute atomic E-state index is 0. The molecule has 140 valence electrons. The molecule has 0 aromatic carbocycles. The van der Waals surface area contributed by atoms with E-state index in [0.29, 0.717) is 6.04 Å². The van der Waals surface area contributed by atoms with Crippen LogP contribution in [-0.4, -0.2) is 50.5 Å². The number of guanidine groups is 1. The van der Waals surface area contributed by atoms with Crippen molar-refractivity contribution in [2.45, 2.75) is 57.4 Å². The molecule has 2 saturated carbocycles. The average Bonchev–Trinajstić information content (AvgIpc) is 3.21. The molecular weight excluding hydrogens is 417 g/mol. The Balaban J connectivity index is 0.00000208. The highest BCUT2D eigenvalue weighted by Crippen LogP contribution is 2.44. The van der Waals surface area contributed by atoms with Gasteiger partial charge in [0.25, 0.3) is 0 Å². The molecule has 1 saturated heterocycles. The lowest BCUT2D eigenvalue weighted by Crippen LogP contribution is -2.45. The Morgan fingerprint density at radius 2 is 2.08 bits per heavy atom. The second-order valence-corrected chi connectivity index (χ2v) is 7.75. The second kappa shape index (κ2) is 9.57. The van der Waals surface area contributed by atoms with Crippen LogP contribution in [0.5, 0.6) is 0 Å². The van der Waals surface area contributed by atoms with Crippen LogP contribution in [0.25, 0.3) is 0 Å². The summed E-state index contributed by atoms with van der Waals surface area (Å²) in [6, 6.07) is 0.609. The summed E-state index contributed by atoms with van der Waals surface area (Å²) in [5, 5.41) is 16.4. The molecule has 0 aromatic rings. The number of halogens is 1. The Kier molecular flexibility index (Phi) is 8.07. The highest BCUT2D eigenvalue weighted by atomic mass is 127. The number of nitrogens with zero attached hydrogens (tertiary/aromatic N) is 1. The van der Waals surface area contributed by atoms with Crippen molar-refractivity contribution in [3.05, 3.63) is 0 Å². The predicted octanol–water partition coefficient (Wildman–Crippen LogP) is 2.53. The van der Waals surface area contributed by atoms with E-state index in [2.05, 4.69) is 15.6 Å². The third kappa shape index (κ3) is 5.21. The fraction of sp³-hybridized carbons (Fsp3) is 0.944. The van der Waals surface area contributed by atoms with Crippen molar-refractivity contribution in [3.8, 4) is 0 Å². The molecule has 24 heavy (non-hydrogen) atoms. The Morgan fingerprint density at radius 3 is 2.71 bits per heavy atom. The molecule has 3 atom stereocenters. The quantitative estimate of drug-likeness (QED) is 0.330. The van der Waals surface area contributed by atoms with Crippen molar-refractivity contribution in [1.82, 2.24) is 10.6 Å². The third-order valence-electron chi connectivity index (χ3n) is 6.10. The zero-order chi connectivity index (χ0) is 16.1. The highest BCUT2D eigenvalue weighted by molar-refractivity contribution is 14.0. The van der Waals surface area contributed by atoms with Gasteiger partial charge in [-0.1, -0.05) is 32.1 Å². The molecule has 0 bridgehead atoms. The smallest absolute Gasteiger partial charge is 0.191 e. The standard InChI is InChI=1S/C18H33N3O2.HI/c1-19-17(20-12-18(7-9-22)8-10-23-13-18)21-16-11-15(16)14-5-3-2-4-6-14;/h14-16,22H,2-13H2,1H3,(H2,19,20,21);1H. The molecule has 2 aliphatic carbocycles. The van der Waals surface area contributed by atoms with Gasteiger partial charge in [-0.3, -0.25) is 4.99 Å². The van der Waals surface area contributed by atoms with Gasteiger partial charge in [0.15, 0.2) is 5.96 Å². The van der Waals surface area contributed by atoms with Crippen LogP contribution in [0, 0.1) is 17.3 Å². The molecule has 3 N–H and O–H groups in total. The van der Waals surface area contributed by atoms with Crippen LogP contribution in [0.1, 0.15) is 51.4 Å². The Morgan fingerprint density at radius 1 is 1.29 bits per heavy atom. The summed E-state index contributed by atoms with van der Waals surface area (Å²) >= 11 is 0. The lowest BCUT2D eigenvalue weighted by molar-refractivity contribution is 0.127. The number of nitrogens with one attached hydrogen (secondary N) is 2. The first-order valence-electron chi connectivity index (χ1n) is 9.42. The zero-order valence-corrected chi connectivity index (χ0v) is 17.3. The molecular formula is C18H34IN3O2. The Labute approximate surface area is 163 Å². The number of hydrogen-bond acceptors (Lipinski definition) is 3. The maximum atomic E-state index is 9.32. The van der Waals surface area contributed by atoms with Crippen LogP contribution >= 0.6 is 24.0 Å². The molecule has 0 spiro atoms. The molecule has 1 heterocycles. The first kappa shape index (κ1) is 20.2. The molecule has 3 aliphatic rings. The fourth-order valence-corrected chi connectivity index (χ4v) is 4.42. The average molecular weight is 451 g/mol. The van der Waals surface area contributed by atoms with Gasteiger partial charge in [-0.2, -0.15) is 0 Å². The van der Waals surface area contributed by atoms with Crippen molar-refractivity contribution >= 4 is 29.9 Å². The SMILES string of the molecule is CN=C(NCC1(CCO)CCOC1)NC1CC1C1CCCCC1.I. The van der Waals surface area contributed by atoms with Crippen molar-refractivity contribution in [3.63, 3.8) is 0 Å². The van der Waals surface area contributed by atoms with E-state index in [0.717, 1.165) is 50.4 Å². The molecule has 0 radical (unpaired) electrons. The van der Waals surface area contributed by atoms with Gasteiger partial charge in [-0.25, -0.2) is 0 Å². The van der Waals surface area contributed by atoms with Gasteiger partial charge in [0.1, 0.15) is 0 Å². The maximum Gasteiger partial charge on any atom is 0.191 e.